The molecule has 0 fully saturated rings. The summed E-state index contributed by atoms with van der Waals surface area (Å²) >= 11 is 0. The van der Waals surface area contributed by atoms with Crippen LogP contribution in [0.1, 0.15) is 6.92 Å². The van der Waals surface area contributed by atoms with Gasteiger partial charge in [0.15, 0.2) is 0 Å². The van der Waals surface area contributed by atoms with Crippen molar-refractivity contribution in [3.8, 4) is 0 Å². The first kappa shape index (κ1) is 10.5. The van der Waals surface area contributed by atoms with E-state index in [-0.39, 0.29) is 6.61 Å². The zero-order chi connectivity index (χ0) is 10.6. The van der Waals surface area contributed by atoms with Gasteiger partial charge < -0.3 is 5.11 Å². The Balaban J connectivity index is 2.88. The smallest absolute Gasteiger partial charge is 0.328 e. The third kappa shape index (κ3) is 2.70. The molecule has 0 spiro atoms. The summed E-state index contributed by atoms with van der Waals surface area (Å²) in [6, 6.07) is 1.28. The molecular formula is C9H12N2O3. The lowest BCUT2D eigenvalue weighted by molar-refractivity contribution is 0.330. The van der Waals surface area contributed by atoms with Crippen molar-refractivity contribution in [1.29, 1.82) is 0 Å². The largest absolute Gasteiger partial charge is 0.392 e. The van der Waals surface area contributed by atoms with E-state index < -0.39 is 11.2 Å². The molecule has 2 N–H and O–H groups in total. The molecular weight excluding hydrogens is 184 g/mol. The maximum atomic E-state index is 11.2. The van der Waals surface area contributed by atoms with Crippen LogP contribution in [0.4, 0.5) is 0 Å². The minimum absolute atomic E-state index is 0.0297. The van der Waals surface area contributed by atoms with E-state index in [9.17, 15) is 9.59 Å². The average molecular weight is 196 g/mol. The normalized spacial score (nSPS) is 11.7. The van der Waals surface area contributed by atoms with Crippen LogP contribution in [-0.2, 0) is 6.54 Å². The Kier molecular flexibility index (Phi) is 3.41. The topological polar surface area (TPSA) is 75.1 Å². The van der Waals surface area contributed by atoms with E-state index in [0.717, 1.165) is 5.57 Å². The fraction of sp³-hybridized carbons (Fsp3) is 0.333. The monoisotopic (exact) mass is 196 g/mol. The van der Waals surface area contributed by atoms with Crippen molar-refractivity contribution < 1.29 is 5.11 Å². The molecule has 0 aliphatic rings. The minimum Gasteiger partial charge on any atom is -0.392 e. The third-order valence-electron chi connectivity index (χ3n) is 1.78. The summed E-state index contributed by atoms with van der Waals surface area (Å²) in [6.45, 7) is 2.08. The van der Waals surface area contributed by atoms with Gasteiger partial charge in [0.25, 0.3) is 5.56 Å². The Hall–Kier alpha value is -1.62. The predicted molar refractivity (Wildman–Crippen MR) is 52.2 cm³/mol. The molecule has 1 heterocycles. The summed E-state index contributed by atoms with van der Waals surface area (Å²) in [5.41, 5.74) is -0.0725. The Morgan fingerprint density at radius 3 is 2.93 bits per heavy atom. The molecule has 0 aliphatic carbocycles. The first-order valence-corrected chi connectivity index (χ1v) is 4.19. The number of aliphatic hydroxyl groups excluding tert-OH is 1. The molecule has 0 aliphatic heterocycles. The van der Waals surface area contributed by atoms with Crippen molar-refractivity contribution >= 4 is 0 Å². The van der Waals surface area contributed by atoms with Gasteiger partial charge in [-0.1, -0.05) is 11.6 Å². The molecule has 0 saturated carbocycles. The second-order valence-electron chi connectivity index (χ2n) is 2.97. The number of nitrogens with one attached hydrogen (secondary N) is 1. The fourth-order valence-corrected chi connectivity index (χ4v) is 0.907. The van der Waals surface area contributed by atoms with Gasteiger partial charge in [-0.3, -0.25) is 14.3 Å². The number of aliphatic hydroxyl groups is 1. The fourth-order valence-electron chi connectivity index (χ4n) is 0.907. The molecule has 0 amide bonds. The number of rotatable bonds is 3. The van der Waals surface area contributed by atoms with Crippen molar-refractivity contribution in [2.24, 2.45) is 0 Å². The predicted octanol–water partition coefficient (Wildman–Crippen LogP) is -0.525. The Labute approximate surface area is 80.3 Å². The van der Waals surface area contributed by atoms with E-state index in [0.29, 0.717) is 6.54 Å². The molecule has 14 heavy (non-hydrogen) atoms. The maximum absolute atomic E-state index is 11.2. The van der Waals surface area contributed by atoms with Crippen molar-refractivity contribution in [3.63, 3.8) is 0 Å². The molecule has 0 atom stereocenters. The average Bonchev–Trinajstić information content (AvgIpc) is 2.16. The highest BCUT2D eigenvalue weighted by molar-refractivity contribution is 4.98. The lowest BCUT2D eigenvalue weighted by Gasteiger charge is -2.00. The van der Waals surface area contributed by atoms with Crippen molar-refractivity contribution in [2.75, 3.05) is 6.61 Å². The Bertz CT molecular complexity index is 442. The summed E-state index contributed by atoms with van der Waals surface area (Å²) in [5.74, 6) is 0. The Morgan fingerprint density at radius 2 is 2.36 bits per heavy atom. The molecule has 5 nitrogen and oxygen atoms in total. The van der Waals surface area contributed by atoms with Crippen LogP contribution in [0, 0.1) is 0 Å². The molecule has 0 unspecified atom stereocenters. The zero-order valence-corrected chi connectivity index (χ0v) is 7.86. The minimum atomic E-state index is -0.445. The van der Waals surface area contributed by atoms with Gasteiger partial charge in [0, 0.05) is 18.8 Å². The molecule has 0 bridgehead atoms. The van der Waals surface area contributed by atoms with Crippen LogP contribution in [0.5, 0.6) is 0 Å². The van der Waals surface area contributed by atoms with E-state index in [1.807, 2.05) is 0 Å². The van der Waals surface area contributed by atoms with Crippen LogP contribution in [-0.4, -0.2) is 21.3 Å². The van der Waals surface area contributed by atoms with E-state index in [2.05, 4.69) is 4.98 Å². The number of hydrogen-bond donors (Lipinski definition) is 2. The first-order valence-electron chi connectivity index (χ1n) is 4.19. The highest BCUT2D eigenvalue weighted by atomic mass is 16.3. The van der Waals surface area contributed by atoms with Crippen LogP contribution in [0.2, 0.25) is 0 Å². The van der Waals surface area contributed by atoms with Gasteiger partial charge in [0.2, 0.25) is 0 Å². The van der Waals surface area contributed by atoms with Gasteiger partial charge in [0.1, 0.15) is 0 Å². The van der Waals surface area contributed by atoms with Crippen molar-refractivity contribution in [1.82, 2.24) is 9.55 Å². The molecule has 1 rings (SSSR count). The lowest BCUT2D eigenvalue weighted by Crippen LogP contribution is -2.28. The molecule has 76 valence electrons. The Morgan fingerprint density at radius 1 is 1.64 bits per heavy atom. The summed E-state index contributed by atoms with van der Waals surface area (Å²) in [6.07, 6.45) is 3.14. The zero-order valence-electron chi connectivity index (χ0n) is 7.86. The summed E-state index contributed by atoms with van der Waals surface area (Å²) in [4.78, 5) is 24.0. The van der Waals surface area contributed by atoms with Gasteiger partial charge in [-0.15, -0.1) is 0 Å². The van der Waals surface area contributed by atoms with E-state index in [4.69, 9.17) is 5.11 Å². The molecule has 1 aromatic rings. The molecule has 5 heteroatoms. The number of H-pyrrole nitrogens is 1. The molecule has 0 saturated heterocycles. The SMILES string of the molecule is C/C(=C\Cn1ccc(=O)[nH]c1=O)CO. The summed E-state index contributed by atoms with van der Waals surface area (Å²) in [5, 5.41) is 8.71. The van der Waals surface area contributed by atoms with Crippen LogP contribution in [0.25, 0.3) is 0 Å². The number of aromatic nitrogens is 2. The third-order valence-corrected chi connectivity index (χ3v) is 1.78. The van der Waals surface area contributed by atoms with Gasteiger partial charge in [-0.05, 0) is 6.92 Å². The van der Waals surface area contributed by atoms with Crippen LogP contribution >= 0.6 is 0 Å². The van der Waals surface area contributed by atoms with Crippen LogP contribution in [0.15, 0.2) is 33.5 Å². The number of aromatic amines is 1. The van der Waals surface area contributed by atoms with E-state index in [1.165, 1.54) is 16.8 Å². The van der Waals surface area contributed by atoms with Crippen molar-refractivity contribution in [2.45, 2.75) is 13.5 Å². The van der Waals surface area contributed by atoms with Crippen LogP contribution in [0.3, 0.4) is 0 Å². The van der Waals surface area contributed by atoms with Gasteiger partial charge >= 0.3 is 5.69 Å². The number of nitrogens with zero attached hydrogens (tertiary/aromatic N) is 1. The first-order chi connectivity index (χ1) is 6.63. The number of hydrogen-bond acceptors (Lipinski definition) is 3. The molecule has 1 aromatic heterocycles. The van der Waals surface area contributed by atoms with Crippen LogP contribution < -0.4 is 11.2 Å². The summed E-state index contributed by atoms with van der Waals surface area (Å²) < 4.78 is 1.35. The quantitative estimate of drug-likeness (QED) is 0.638. The van der Waals surface area contributed by atoms with E-state index >= 15 is 0 Å². The van der Waals surface area contributed by atoms with Gasteiger partial charge in [0.05, 0.1) is 6.61 Å². The highest BCUT2D eigenvalue weighted by Crippen LogP contribution is 1.90. The second-order valence-corrected chi connectivity index (χ2v) is 2.97. The number of allylic oxidation sites excluding steroid dienone is 1. The standard InChI is InChI=1S/C9H12N2O3/c1-7(6-12)2-4-11-5-3-8(13)10-9(11)14/h2-3,5,12H,4,6H2,1H3,(H,10,13,14)/b7-2+. The van der Waals surface area contributed by atoms with Gasteiger partial charge in [-0.25, -0.2) is 4.79 Å². The molecule has 0 aromatic carbocycles. The van der Waals surface area contributed by atoms with Gasteiger partial charge in [-0.2, -0.15) is 0 Å². The lowest BCUT2D eigenvalue weighted by atomic mass is 10.3. The highest BCUT2D eigenvalue weighted by Gasteiger charge is 1.93. The second kappa shape index (κ2) is 4.57. The maximum Gasteiger partial charge on any atom is 0.328 e. The van der Waals surface area contributed by atoms with E-state index in [1.54, 1.807) is 13.0 Å². The van der Waals surface area contributed by atoms with Crippen molar-refractivity contribution in [3.05, 3.63) is 44.8 Å². The summed E-state index contributed by atoms with van der Waals surface area (Å²) in [7, 11) is 0. The molecule has 0 radical (unpaired) electrons.